The molecule has 0 saturated heterocycles. The van der Waals surface area contributed by atoms with Crippen molar-refractivity contribution in [3.63, 3.8) is 0 Å². The molecule has 1 fully saturated rings. The van der Waals surface area contributed by atoms with Crippen molar-refractivity contribution in [1.82, 2.24) is 14.9 Å². The fraction of sp³-hybridized carbons (Fsp3) is 0.467. The van der Waals surface area contributed by atoms with Crippen LogP contribution < -0.4 is 10.0 Å². The average Bonchev–Trinajstić information content (AvgIpc) is 3.75. The first-order valence-electron chi connectivity index (χ1n) is 13.8. The zero-order valence-corrected chi connectivity index (χ0v) is 23.3. The molecule has 0 spiro atoms. The quantitative estimate of drug-likeness (QED) is 0.353. The fourth-order valence-corrected chi connectivity index (χ4v) is 6.02. The van der Waals surface area contributed by atoms with Crippen LogP contribution in [-0.4, -0.2) is 43.8 Å². The van der Waals surface area contributed by atoms with Crippen LogP contribution >= 0.6 is 0 Å². The maximum atomic E-state index is 13.4. The highest BCUT2D eigenvalue weighted by atomic mass is 32.2. The molecule has 2 aliphatic rings. The maximum absolute atomic E-state index is 13.4. The number of sulfonamides is 1. The second kappa shape index (κ2) is 13.3. The third kappa shape index (κ3) is 8.73. The van der Waals surface area contributed by atoms with Crippen LogP contribution in [0.15, 0.2) is 65.1 Å². The number of aryl methyl sites for hydroxylation is 1. The first-order valence-corrected chi connectivity index (χ1v) is 15.3. The first-order chi connectivity index (χ1) is 18.7. The second-order valence-corrected chi connectivity index (χ2v) is 12.2. The lowest BCUT2D eigenvalue weighted by molar-refractivity contribution is -0.140. The van der Waals surface area contributed by atoms with E-state index in [1.807, 2.05) is 0 Å². The molecule has 0 unspecified atom stereocenters. The number of carbonyl (C=O) groups is 2. The summed E-state index contributed by atoms with van der Waals surface area (Å²) in [6.07, 6.45) is 9.92. The molecule has 0 bridgehead atoms. The number of benzene rings is 2. The zero-order chi connectivity index (χ0) is 27.8. The van der Waals surface area contributed by atoms with Crippen molar-refractivity contribution in [2.75, 3.05) is 6.54 Å². The zero-order valence-electron chi connectivity index (χ0n) is 22.5. The van der Waals surface area contributed by atoms with Gasteiger partial charge in [0.2, 0.25) is 21.8 Å². The molecule has 0 radical (unpaired) electrons. The van der Waals surface area contributed by atoms with E-state index >= 15 is 0 Å². The Labute approximate surface area is 230 Å². The van der Waals surface area contributed by atoms with Crippen LogP contribution in [0.1, 0.15) is 69.4 Å². The van der Waals surface area contributed by atoms with Crippen molar-refractivity contribution in [3.05, 3.63) is 77.1 Å². The van der Waals surface area contributed by atoms with Crippen molar-refractivity contribution < 1.29 is 22.4 Å². The molecule has 210 valence electrons. The van der Waals surface area contributed by atoms with Gasteiger partial charge in [0.25, 0.3) is 0 Å². The van der Waals surface area contributed by atoms with Gasteiger partial charge >= 0.3 is 0 Å². The van der Waals surface area contributed by atoms with Gasteiger partial charge in [0.1, 0.15) is 11.9 Å². The van der Waals surface area contributed by atoms with Gasteiger partial charge < -0.3 is 10.2 Å². The minimum Gasteiger partial charge on any atom is -0.354 e. The van der Waals surface area contributed by atoms with E-state index in [4.69, 9.17) is 0 Å². The molecule has 4 rings (SSSR count). The molecule has 9 heteroatoms. The molecule has 2 aromatic rings. The van der Waals surface area contributed by atoms with E-state index in [0.717, 1.165) is 43.2 Å². The fourth-order valence-electron chi connectivity index (χ4n) is 4.71. The molecule has 39 heavy (non-hydrogen) atoms. The van der Waals surface area contributed by atoms with E-state index in [0.29, 0.717) is 13.0 Å². The largest absolute Gasteiger partial charge is 0.354 e. The van der Waals surface area contributed by atoms with Crippen LogP contribution in [0.5, 0.6) is 0 Å². The van der Waals surface area contributed by atoms with E-state index < -0.39 is 16.1 Å². The van der Waals surface area contributed by atoms with E-state index in [1.54, 1.807) is 43.3 Å². The smallest absolute Gasteiger partial charge is 0.242 e. The van der Waals surface area contributed by atoms with Crippen molar-refractivity contribution >= 4 is 21.8 Å². The summed E-state index contributed by atoms with van der Waals surface area (Å²) >= 11 is 0. The average molecular weight is 556 g/mol. The summed E-state index contributed by atoms with van der Waals surface area (Å²) in [5.74, 6) is -0.791. The summed E-state index contributed by atoms with van der Waals surface area (Å²) in [5, 5.41) is 2.98. The van der Waals surface area contributed by atoms with Crippen LogP contribution in [0.2, 0.25) is 0 Å². The van der Waals surface area contributed by atoms with Crippen molar-refractivity contribution in [2.24, 2.45) is 0 Å². The molecule has 2 aliphatic carbocycles. The summed E-state index contributed by atoms with van der Waals surface area (Å²) in [4.78, 5) is 28.1. The monoisotopic (exact) mass is 555 g/mol. The standard InChI is InChI=1S/C30H38FN3O4S/c1-22(30(36)32-20-19-23-5-3-2-4-6-23)34(21-25-7-12-26(31)13-8-25)29(35)18-11-24-9-16-28(17-10-24)39(37,38)33-27-14-15-27/h5,7-10,12-13,16-17,22,27,33H,2-4,6,11,14-15,18-21H2,1H3,(H,32,36)/t22-/m1/s1. The third-order valence-electron chi connectivity index (χ3n) is 7.32. The molecule has 2 amide bonds. The van der Waals surface area contributed by atoms with Gasteiger partial charge in [-0.15, -0.1) is 0 Å². The summed E-state index contributed by atoms with van der Waals surface area (Å²) in [5.41, 5.74) is 2.93. The summed E-state index contributed by atoms with van der Waals surface area (Å²) in [6, 6.07) is 11.8. The molecule has 7 nitrogen and oxygen atoms in total. The minimum atomic E-state index is -3.53. The van der Waals surface area contributed by atoms with Crippen LogP contribution in [0, 0.1) is 5.82 Å². The van der Waals surface area contributed by atoms with Gasteiger partial charge in [-0.05, 0) is 93.7 Å². The number of allylic oxidation sites excluding steroid dienone is 1. The highest BCUT2D eigenvalue weighted by Crippen LogP contribution is 2.23. The Hall–Kier alpha value is -3.04. The molecule has 0 aliphatic heterocycles. The molecular weight excluding hydrogens is 517 g/mol. The normalized spacial score (nSPS) is 16.3. The van der Waals surface area contributed by atoms with E-state index in [9.17, 15) is 22.4 Å². The van der Waals surface area contributed by atoms with E-state index in [1.165, 1.54) is 35.4 Å². The Morgan fingerprint density at radius 1 is 1.00 bits per heavy atom. The van der Waals surface area contributed by atoms with Crippen LogP contribution in [-0.2, 0) is 32.6 Å². The molecular formula is C30H38FN3O4S. The second-order valence-electron chi connectivity index (χ2n) is 10.5. The Morgan fingerprint density at radius 3 is 2.33 bits per heavy atom. The van der Waals surface area contributed by atoms with Gasteiger partial charge in [0.05, 0.1) is 4.90 Å². The van der Waals surface area contributed by atoms with Crippen molar-refractivity contribution in [3.8, 4) is 0 Å². The van der Waals surface area contributed by atoms with Gasteiger partial charge in [0.15, 0.2) is 0 Å². The maximum Gasteiger partial charge on any atom is 0.242 e. The predicted molar refractivity (Wildman–Crippen MR) is 149 cm³/mol. The van der Waals surface area contributed by atoms with Gasteiger partial charge in [-0.25, -0.2) is 17.5 Å². The van der Waals surface area contributed by atoms with E-state index in [2.05, 4.69) is 16.1 Å². The van der Waals surface area contributed by atoms with Gasteiger partial charge in [-0.2, -0.15) is 0 Å². The Bertz CT molecular complexity index is 1270. The lowest BCUT2D eigenvalue weighted by Crippen LogP contribution is -2.47. The lowest BCUT2D eigenvalue weighted by Gasteiger charge is -2.29. The molecule has 2 N–H and O–H groups in total. The SMILES string of the molecule is C[C@H](C(=O)NCCC1=CCCCC1)N(Cc1ccc(F)cc1)C(=O)CCc1ccc(S(=O)(=O)NC2CC2)cc1. The van der Waals surface area contributed by atoms with Crippen LogP contribution in [0.25, 0.3) is 0 Å². The summed E-state index contributed by atoms with van der Waals surface area (Å²) < 4.78 is 40.9. The highest BCUT2D eigenvalue weighted by Gasteiger charge is 2.28. The molecule has 2 aromatic carbocycles. The number of halogens is 1. The molecule has 0 heterocycles. The molecule has 1 saturated carbocycles. The van der Waals surface area contributed by atoms with Gasteiger partial charge in [-0.3, -0.25) is 9.59 Å². The summed E-state index contributed by atoms with van der Waals surface area (Å²) in [6.45, 7) is 2.42. The number of rotatable bonds is 13. The topological polar surface area (TPSA) is 95.6 Å². The molecule has 0 aromatic heterocycles. The number of amides is 2. The Balaban J connectivity index is 1.37. The van der Waals surface area contributed by atoms with Crippen LogP contribution in [0.3, 0.4) is 0 Å². The lowest BCUT2D eigenvalue weighted by atomic mass is 9.97. The van der Waals surface area contributed by atoms with Crippen LogP contribution in [0.4, 0.5) is 4.39 Å². The Kier molecular flexibility index (Phi) is 9.91. The van der Waals surface area contributed by atoms with Crippen molar-refractivity contribution in [1.29, 1.82) is 0 Å². The van der Waals surface area contributed by atoms with Gasteiger partial charge in [-0.1, -0.05) is 35.9 Å². The number of carbonyl (C=O) groups excluding carboxylic acids is 2. The number of hydrogen-bond donors (Lipinski definition) is 2. The first kappa shape index (κ1) is 29.0. The Morgan fingerprint density at radius 2 is 1.69 bits per heavy atom. The molecule has 1 atom stereocenters. The minimum absolute atomic E-state index is 0.0305. The predicted octanol–water partition coefficient (Wildman–Crippen LogP) is 4.62. The number of nitrogens with one attached hydrogen (secondary N) is 2. The summed E-state index contributed by atoms with van der Waals surface area (Å²) in [7, 11) is -3.53. The van der Waals surface area contributed by atoms with Gasteiger partial charge in [0, 0.05) is 25.6 Å². The number of nitrogens with zero attached hydrogens (tertiary/aromatic N) is 1. The highest BCUT2D eigenvalue weighted by molar-refractivity contribution is 7.89. The third-order valence-corrected chi connectivity index (χ3v) is 8.86. The van der Waals surface area contributed by atoms with Crippen molar-refractivity contribution in [2.45, 2.75) is 88.2 Å². The van der Waals surface area contributed by atoms with E-state index in [-0.39, 0.29) is 41.5 Å². The number of hydrogen-bond acceptors (Lipinski definition) is 4.